The van der Waals surface area contributed by atoms with Crippen LogP contribution < -0.4 is 11.5 Å². The summed E-state index contributed by atoms with van der Waals surface area (Å²) < 4.78 is 6.27. The van der Waals surface area contributed by atoms with Crippen LogP contribution in [0.4, 0.5) is 0 Å². The van der Waals surface area contributed by atoms with Crippen LogP contribution in [0, 0.1) is 0 Å². The summed E-state index contributed by atoms with van der Waals surface area (Å²) in [6, 6.07) is 1.12. The van der Waals surface area contributed by atoms with Crippen LogP contribution in [-0.4, -0.2) is 25.2 Å². The SMILES string of the molecule is CC(N)[Si]1(C(C)N)CCCC(C)(C)O1. The Morgan fingerprint density at radius 3 is 2.00 bits per heavy atom. The van der Waals surface area contributed by atoms with Crippen molar-refractivity contribution in [2.24, 2.45) is 11.5 Å². The van der Waals surface area contributed by atoms with Gasteiger partial charge >= 0.3 is 0 Å². The first kappa shape index (κ1) is 12.2. The zero-order chi connectivity index (χ0) is 11.0. The Bertz CT molecular complexity index is 196. The molecule has 0 aromatic rings. The normalized spacial score (nSPS) is 36.4. The van der Waals surface area contributed by atoms with Gasteiger partial charge in [-0.2, -0.15) is 0 Å². The lowest BCUT2D eigenvalue weighted by atomic mass is 10.0. The molecule has 1 rings (SSSR count). The molecule has 0 spiro atoms. The van der Waals surface area contributed by atoms with Gasteiger partial charge in [0.25, 0.3) is 0 Å². The second-order valence-corrected chi connectivity index (χ2v) is 9.68. The Morgan fingerprint density at radius 1 is 1.21 bits per heavy atom. The highest BCUT2D eigenvalue weighted by molar-refractivity contribution is 6.76. The fourth-order valence-electron chi connectivity index (χ4n) is 2.46. The summed E-state index contributed by atoms with van der Waals surface area (Å²) in [5, 5.41) is 0. The van der Waals surface area contributed by atoms with E-state index in [1.54, 1.807) is 0 Å². The van der Waals surface area contributed by atoms with E-state index in [9.17, 15) is 0 Å². The van der Waals surface area contributed by atoms with Crippen LogP contribution >= 0.6 is 0 Å². The molecule has 2 atom stereocenters. The van der Waals surface area contributed by atoms with Gasteiger partial charge < -0.3 is 15.9 Å². The van der Waals surface area contributed by atoms with Crippen molar-refractivity contribution >= 4 is 8.32 Å². The van der Waals surface area contributed by atoms with Gasteiger partial charge in [0.05, 0.1) is 5.60 Å². The smallest absolute Gasteiger partial charge is 0.225 e. The third kappa shape index (κ3) is 2.19. The van der Waals surface area contributed by atoms with Crippen molar-refractivity contribution in [2.75, 3.05) is 0 Å². The average molecular weight is 216 g/mol. The highest BCUT2D eigenvalue weighted by Gasteiger charge is 2.49. The van der Waals surface area contributed by atoms with Gasteiger partial charge in [-0.3, -0.25) is 0 Å². The summed E-state index contributed by atoms with van der Waals surface area (Å²) in [6.45, 7) is 8.41. The van der Waals surface area contributed by atoms with E-state index in [0.29, 0.717) is 0 Å². The molecule has 1 heterocycles. The van der Waals surface area contributed by atoms with Crippen molar-refractivity contribution in [3.8, 4) is 0 Å². The van der Waals surface area contributed by atoms with Crippen molar-refractivity contribution in [3.63, 3.8) is 0 Å². The molecule has 14 heavy (non-hydrogen) atoms. The summed E-state index contributed by atoms with van der Waals surface area (Å²) in [5.41, 5.74) is 12.4. The molecule has 0 aliphatic carbocycles. The van der Waals surface area contributed by atoms with E-state index in [1.807, 2.05) is 0 Å². The number of hydrogen-bond acceptors (Lipinski definition) is 3. The zero-order valence-corrected chi connectivity index (χ0v) is 10.8. The maximum Gasteiger partial charge on any atom is 0.225 e. The lowest BCUT2D eigenvalue weighted by molar-refractivity contribution is 0.0620. The van der Waals surface area contributed by atoms with Crippen LogP contribution in [0.15, 0.2) is 0 Å². The van der Waals surface area contributed by atoms with Gasteiger partial charge in [0, 0.05) is 11.3 Å². The fraction of sp³-hybridized carbons (Fsp3) is 1.00. The number of nitrogens with two attached hydrogens (primary N) is 2. The predicted molar refractivity (Wildman–Crippen MR) is 62.3 cm³/mol. The quantitative estimate of drug-likeness (QED) is 0.684. The summed E-state index contributed by atoms with van der Waals surface area (Å²) in [5.74, 6) is 0. The van der Waals surface area contributed by atoms with Crippen LogP contribution in [0.1, 0.15) is 40.5 Å². The molecule has 0 aromatic heterocycles. The van der Waals surface area contributed by atoms with E-state index >= 15 is 0 Å². The zero-order valence-electron chi connectivity index (χ0n) is 9.84. The molecule has 4 heteroatoms. The Labute approximate surface area is 88.3 Å². The average Bonchev–Trinajstić information content (AvgIpc) is 2.01. The standard InChI is InChI=1S/C10H24N2OSi/c1-8(11)14(9(2)12)7-5-6-10(3,4)13-14/h8-9H,5-7,11-12H2,1-4H3. The highest BCUT2D eigenvalue weighted by atomic mass is 28.4. The van der Waals surface area contributed by atoms with E-state index in [-0.39, 0.29) is 16.9 Å². The lowest BCUT2D eigenvalue weighted by Crippen LogP contribution is -2.68. The maximum atomic E-state index is 6.27. The molecule has 1 saturated heterocycles. The molecule has 84 valence electrons. The molecule has 0 saturated carbocycles. The van der Waals surface area contributed by atoms with Gasteiger partial charge in [0.15, 0.2) is 0 Å². The summed E-state index contributed by atoms with van der Waals surface area (Å²) in [6.07, 6.45) is 2.34. The van der Waals surface area contributed by atoms with Crippen molar-refractivity contribution in [1.29, 1.82) is 0 Å². The van der Waals surface area contributed by atoms with E-state index in [1.165, 1.54) is 6.42 Å². The molecular formula is C10H24N2OSi. The predicted octanol–water partition coefficient (Wildman–Crippen LogP) is 1.29. The Balaban J connectivity index is 2.88. The van der Waals surface area contributed by atoms with Crippen molar-refractivity contribution in [3.05, 3.63) is 0 Å². The third-order valence-electron chi connectivity index (χ3n) is 3.35. The molecule has 1 aliphatic rings. The molecule has 4 N–H and O–H groups in total. The Kier molecular flexibility index (Phi) is 3.41. The van der Waals surface area contributed by atoms with Crippen LogP contribution in [0.25, 0.3) is 0 Å². The first-order valence-electron chi connectivity index (χ1n) is 5.51. The third-order valence-corrected chi connectivity index (χ3v) is 8.50. The Hall–Kier alpha value is 0.0969. The minimum Gasteiger partial charge on any atom is -0.409 e. The van der Waals surface area contributed by atoms with Crippen molar-refractivity contribution in [1.82, 2.24) is 0 Å². The van der Waals surface area contributed by atoms with Gasteiger partial charge in [-0.15, -0.1) is 0 Å². The second kappa shape index (κ2) is 3.93. The van der Waals surface area contributed by atoms with Gasteiger partial charge in [0.2, 0.25) is 8.32 Å². The van der Waals surface area contributed by atoms with E-state index < -0.39 is 8.32 Å². The van der Waals surface area contributed by atoms with E-state index in [4.69, 9.17) is 15.9 Å². The number of rotatable bonds is 2. The number of hydrogen-bond donors (Lipinski definition) is 2. The summed E-state index contributed by atoms with van der Waals surface area (Å²) in [7, 11) is -1.92. The van der Waals surface area contributed by atoms with Crippen LogP contribution in [0.5, 0.6) is 0 Å². The molecule has 1 fully saturated rings. The summed E-state index contributed by atoms with van der Waals surface area (Å²) >= 11 is 0. The molecule has 0 aromatic carbocycles. The molecule has 0 radical (unpaired) electrons. The van der Waals surface area contributed by atoms with Gasteiger partial charge in [-0.25, -0.2) is 0 Å². The summed E-state index contributed by atoms with van der Waals surface area (Å²) in [4.78, 5) is 0. The minimum atomic E-state index is -1.92. The molecule has 0 amide bonds. The fourth-order valence-corrected chi connectivity index (χ4v) is 6.54. The van der Waals surface area contributed by atoms with Gasteiger partial charge in [-0.1, -0.05) is 20.3 Å². The largest absolute Gasteiger partial charge is 0.409 e. The van der Waals surface area contributed by atoms with Crippen LogP contribution in [-0.2, 0) is 4.43 Å². The highest BCUT2D eigenvalue weighted by Crippen LogP contribution is 2.35. The monoisotopic (exact) mass is 216 g/mol. The van der Waals surface area contributed by atoms with Crippen molar-refractivity contribution in [2.45, 2.75) is 63.5 Å². The molecule has 2 unspecified atom stereocenters. The van der Waals surface area contributed by atoms with Crippen LogP contribution in [0.3, 0.4) is 0 Å². The van der Waals surface area contributed by atoms with Crippen molar-refractivity contribution < 1.29 is 4.43 Å². The molecule has 3 nitrogen and oxygen atoms in total. The topological polar surface area (TPSA) is 61.3 Å². The maximum absolute atomic E-state index is 6.27. The first-order valence-corrected chi connectivity index (χ1v) is 7.78. The molecular weight excluding hydrogens is 192 g/mol. The van der Waals surface area contributed by atoms with Crippen LogP contribution in [0.2, 0.25) is 6.04 Å². The molecule has 1 aliphatic heterocycles. The lowest BCUT2D eigenvalue weighted by Gasteiger charge is -2.48. The van der Waals surface area contributed by atoms with Gasteiger partial charge in [0.1, 0.15) is 0 Å². The first-order chi connectivity index (χ1) is 6.30. The van der Waals surface area contributed by atoms with E-state index in [0.717, 1.165) is 12.5 Å². The van der Waals surface area contributed by atoms with E-state index in [2.05, 4.69) is 27.7 Å². The molecule has 0 bridgehead atoms. The minimum absolute atomic E-state index is 0.0221. The van der Waals surface area contributed by atoms with Gasteiger partial charge in [-0.05, 0) is 26.3 Å². The Morgan fingerprint density at radius 2 is 1.71 bits per heavy atom. The second-order valence-electron chi connectivity index (χ2n) is 5.25.